The molecule has 0 saturated heterocycles. The topological polar surface area (TPSA) is 127 Å². The van der Waals surface area contributed by atoms with Crippen LogP contribution in [-0.2, 0) is 14.6 Å². The third kappa shape index (κ3) is 8.19. The van der Waals surface area contributed by atoms with E-state index in [1.165, 1.54) is 36.4 Å². The summed E-state index contributed by atoms with van der Waals surface area (Å²) in [5.41, 5.74) is 1.84. The molecule has 12 heteroatoms. The number of ketones is 1. The molecule has 44 heavy (non-hydrogen) atoms. The number of alkyl halides is 3. The normalized spacial score (nSPS) is 11.9. The zero-order valence-corrected chi connectivity index (χ0v) is 23.6. The number of amides is 1. The summed E-state index contributed by atoms with van der Waals surface area (Å²) in [6.07, 6.45) is -4.33. The molecular weight excluding hydrogens is 599 g/mol. The number of nitrogens with one attached hydrogen (secondary N) is 1. The predicted octanol–water partition coefficient (Wildman–Crippen LogP) is 6.15. The number of carboxylic acids is 1. The Labute approximate surface area is 250 Å². The van der Waals surface area contributed by atoms with Crippen molar-refractivity contribution in [1.29, 1.82) is 0 Å². The first-order chi connectivity index (χ1) is 20.8. The predicted molar refractivity (Wildman–Crippen MR) is 156 cm³/mol. The number of aliphatic carboxylic acids is 1. The number of carbonyl (C=O) groups is 3. The van der Waals surface area contributed by atoms with Gasteiger partial charge in [0.05, 0.1) is 16.2 Å². The molecule has 0 aromatic heterocycles. The van der Waals surface area contributed by atoms with Crippen molar-refractivity contribution in [3.05, 3.63) is 126 Å². The smallest absolute Gasteiger partial charge is 0.481 e. The van der Waals surface area contributed by atoms with Gasteiger partial charge in [-0.15, -0.1) is 13.2 Å². The van der Waals surface area contributed by atoms with Crippen molar-refractivity contribution in [1.82, 2.24) is 5.32 Å². The first kappa shape index (κ1) is 31.7. The maximum atomic E-state index is 13.9. The first-order valence-electron chi connectivity index (χ1n) is 13.0. The van der Waals surface area contributed by atoms with Crippen LogP contribution in [0.1, 0.15) is 32.7 Å². The molecule has 0 aliphatic rings. The van der Waals surface area contributed by atoms with Gasteiger partial charge in [0.1, 0.15) is 5.75 Å². The molecule has 0 fully saturated rings. The maximum Gasteiger partial charge on any atom is 0.573 e. The lowest BCUT2D eigenvalue weighted by Gasteiger charge is -2.12. The third-order valence-electron chi connectivity index (χ3n) is 6.25. The second-order valence-corrected chi connectivity index (χ2v) is 11.2. The molecule has 226 valence electrons. The van der Waals surface area contributed by atoms with Crippen LogP contribution < -0.4 is 10.1 Å². The second-order valence-electron chi connectivity index (χ2n) is 9.32. The molecular formula is C32H24F3NO7S. The van der Waals surface area contributed by atoms with Crippen molar-refractivity contribution >= 4 is 32.4 Å². The average molecular weight is 624 g/mol. The van der Waals surface area contributed by atoms with Crippen molar-refractivity contribution < 1.29 is 45.8 Å². The minimum atomic E-state index is -4.92. The van der Waals surface area contributed by atoms with Gasteiger partial charge in [0.2, 0.25) is 9.84 Å². The Morgan fingerprint density at radius 3 is 1.86 bits per heavy atom. The van der Waals surface area contributed by atoms with E-state index in [0.717, 1.165) is 41.5 Å². The van der Waals surface area contributed by atoms with Crippen LogP contribution in [0.4, 0.5) is 13.2 Å². The van der Waals surface area contributed by atoms with E-state index in [4.69, 9.17) is 5.11 Å². The molecule has 0 atom stereocenters. The number of sulfone groups is 1. The van der Waals surface area contributed by atoms with Gasteiger partial charge in [0.15, 0.2) is 5.78 Å². The quantitative estimate of drug-likeness (QED) is 0.152. The number of rotatable bonds is 11. The molecule has 0 radical (unpaired) electrons. The van der Waals surface area contributed by atoms with E-state index in [9.17, 15) is 36.0 Å². The molecule has 0 aliphatic heterocycles. The minimum Gasteiger partial charge on any atom is -0.481 e. The van der Waals surface area contributed by atoms with Crippen molar-refractivity contribution in [2.75, 3.05) is 6.54 Å². The number of halogens is 3. The SMILES string of the molecule is O=C(O)CCNC(=O)c1ccc(S(=O)(=O)/C(=C\C(=O)c2ccc(OC(F)(F)F)cc2)c2ccc(-c3ccccc3)cc2)cc1. The van der Waals surface area contributed by atoms with Crippen LogP contribution in [0.25, 0.3) is 16.0 Å². The first-order valence-corrected chi connectivity index (χ1v) is 14.4. The Bertz CT molecular complexity index is 1780. The molecule has 0 saturated carbocycles. The van der Waals surface area contributed by atoms with E-state index >= 15 is 0 Å². The number of allylic oxidation sites excluding steroid dienone is 1. The van der Waals surface area contributed by atoms with Crippen LogP contribution in [0.2, 0.25) is 0 Å². The summed E-state index contributed by atoms with van der Waals surface area (Å²) < 4.78 is 69.2. The number of hydrogen-bond acceptors (Lipinski definition) is 6. The van der Waals surface area contributed by atoms with Crippen LogP contribution in [0, 0.1) is 0 Å². The molecule has 4 aromatic rings. The summed E-state index contributed by atoms with van der Waals surface area (Å²) >= 11 is 0. The van der Waals surface area contributed by atoms with Gasteiger partial charge < -0.3 is 15.2 Å². The van der Waals surface area contributed by atoms with Gasteiger partial charge in [-0.05, 0) is 65.2 Å². The van der Waals surface area contributed by atoms with Crippen LogP contribution in [0.15, 0.2) is 114 Å². The summed E-state index contributed by atoms with van der Waals surface area (Å²) in [5.74, 6) is -3.03. The number of hydrogen-bond donors (Lipinski definition) is 2. The van der Waals surface area contributed by atoms with Crippen molar-refractivity contribution in [3.63, 3.8) is 0 Å². The molecule has 0 heterocycles. The Morgan fingerprint density at radius 1 is 0.750 bits per heavy atom. The molecule has 0 bridgehead atoms. The van der Waals surface area contributed by atoms with Crippen LogP contribution >= 0.6 is 0 Å². The summed E-state index contributed by atoms with van der Waals surface area (Å²) in [7, 11) is -4.38. The summed E-state index contributed by atoms with van der Waals surface area (Å²) in [5, 5.41) is 11.2. The summed E-state index contributed by atoms with van der Waals surface area (Å²) in [4.78, 5) is 35.6. The van der Waals surface area contributed by atoms with Gasteiger partial charge in [-0.3, -0.25) is 14.4 Å². The lowest BCUT2D eigenvalue weighted by atomic mass is 10.0. The second kappa shape index (κ2) is 13.4. The van der Waals surface area contributed by atoms with E-state index in [1.54, 1.807) is 12.1 Å². The van der Waals surface area contributed by atoms with Crippen LogP contribution in [-0.4, -0.2) is 44.1 Å². The molecule has 0 unspecified atom stereocenters. The van der Waals surface area contributed by atoms with Crippen LogP contribution in [0.3, 0.4) is 0 Å². The Morgan fingerprint density at radius 2 is 1.30 bits per heavy atom. The highest BCUT2D eigenvalue weighted by molar-refractivity contribution is 8.00. The molecule has 4 rings (SSSR count). The highest BCUT2D eigenvalue weighted by atomic mass is 32.2. The van der Waals surface area contributed by atoms with Gasteiger partial charge in [-0.2, -0.15) is 0 Å². The van der Waals surface area contributed by atoms with Crippen LogP contribution in [0.5, 0.6) is 5.75 Å². The van der Waals surface area contributed by atoms with E-state index < -0.39 is 39.6 Å². The Kier molecular flexibility index (Phi) is 9.64. The standard InChI is InChI=1S/C32H24F3NO7S/c33-32(34,35)43-26-14-10-23(11-15-26)28(37)20-29(24-8-6-22(7-9-24)21-4-2-1-3-5-21)44(41,42)27-16-12-25(13-17-27)31(40)36-19-18-30(38)39/h1-17,20H,18-19H2,(H,36,40)(H,38,39)/b29-20-. The van der Waals surface area contributed by atoms with Gasteiger partial charge in [-0.1, -0.05) is 54.6 Å². The number of ether oxygens (including phenoxy) is 1. The maximum absolute atomic E-state index is 13.9. The van der Waals surface area contributed by atoms with E-state index in [0.29, 0.717) is 0 Å². The van der Waals surface area contributed by atoms with Crippen molar-refractivity contribution in [2.45, 2.75) is 17.7 Å². The zero-order chi connectivity index (χ0) is 31.9. The van der Waals surface area contributed by atoms with Gasteiger partial charge >= 0.3 is 12.3 Å². The lowest BCUT2D eigenvalue weighted by molar-refractivity contribution is -0.274. The average Bonchev–Trinajstić information content (AvgIpc) is 2.99. The highest BCUT2D eigenvalue weighted by Gasteiger charge is 2.31. The largest absolute Gasteiger partial charge is 0.573 e. The van der Waals surface area contributed by atoms with Gasteiger partial charge in [0, 0.05) is 23.7 Å². The molecule has 2 N–H and O–H groups in total. The van der Waals surface area contributed by atoms with Crippen molar-refractivity contribution in [3.8, 4) is 16.9 Å². The molecule has 0 spiro atoms. The van der Waals surface area contributed by atoms with E-state index in [-0.39, 0.29) is 39.5 Å². The fourth-order valence-corrected chi connectivity index (χ4v) is 5.55. The number of carboxylic acid groups (broad SMARTS) is 1. The minimum absolute atomic E-state index is 0.0819. The Balaban J connectivity index is 1.69. The summed E-state index contributed by atoms with van der Waals surface area (Å²) in [6.45, 7) is -0.120. The highest BCUT2D eigenvalue weighted by Crippen LogP contribution is 2.31. The summed E-state index contributed by atoms with van der Waals surface area (Å²) in [6, 6.07) is 24.6. The number of carbonyl (C=O) groups excluding carboxylic acids is 2. The molecule has 4 aromatic carbocycles. The molecule has 1 amide bonds. The lowest BCUT2D eigenvalue weighted by Crippen LogP contribution is -2.25. The van der Waals surface area contributed by atoms with E-state index in [2.05, 4.69) is 10.1 Å². The third-order valence-corrected chi connectivity index (χ3v) is 8.08. The fraction of sp³-hybridized carbons (Fsp3) is 0.0938. The van der Waals surface area contributed by atoms with Gasteiger partial charge in [0.25, 0.3) is 5.91 Å². The number of benzene rings is 4. The Hall–Kier alpha value is -5.23. The monoisotopic (exact) mass is 623 g/mol. The van der Waals surface area contributed by atoms with Gasteiger partial charge in [-0.25, -0.2) is 8.42 Å². The fourth-order valence-electron chi connectivity index (χ4n) is 4.09. The molecule has 8 nitrogen and oxygen atoms in total. The molecule has 0 aliphatic carbocycles. The van der Waals surface area contributed by atoms with Crippen molar-refractivity contribution in [2.24, 2.45) is 0 Å². The zero-order valence-electron chi connectivity index (χ0n) is 22.7. The van der Waals surface area contributed by atoms with E-state index in [1.807, 2.05) is 30.3 Å².